The molecule has 7 heteroatoms. The number of carbonyl (C=O) groups is 1. The lowest BCUT2D eigenvalue weighted by Gasteiger charge is -2.30. The fraction of sp³-hybridized carbons (Fsp3) is 0.333. The lowest BCUT2D eigenvalue weighted by Crippen LogP contribution is -2.39. The summed E-state index contributed by atoms with van der Waals surface area (Å²) in [6.07, 6.45) is 1.14. The third kappa shape index (κ3) is 2.91. The van der Waals surface area contributed by atoms with Crippen molar-refractivity contribution in [3.8, 4) is 11.8 Å². The van der Waals surface area contributed by atoms with E-state index in [2.05, 4.69) is 15.4 Å². The average molecular weight is 297 g/mol. The van der Waals surface area contributed by atoms with Crippen molar-refractivity contribution >= 4 is 6.09 Å². The number of aromatic nitrogens is 3. The Bertz CT molecular complexity index is 683. The maximum absolute atomic E-state index is 12.1. The topological polar surface area (TPSA) is 94.9 Å². The van der Waals surface area contributed by atoms with Crippen LogP contribution in [0.25, 0.3) is 0 Å². The van der Waals surface area contributed by atoms with Crippen molar-refractivity contribution < 1.29 is 9.53 Å². The second kappa shape index (κ2) is 6.26. The molecule has 1 saturated heterocycles. The molecule has 1 fully saturated rings. The predicted octanol–water partition coefficient (Wildman–Crippen LogP) is 2.05. The minimum Gasteiger partial charge on any atom is -0.410 e. The molecule has 1 N–H and O–H groups in total. The first-order valence-corrected chi connectivity index (χ1v) is 7.10. The highest BCUT2D eigenvalue weighted by molar-refractivity contribution is 5.70. The second-order valence-corrected chi connectivity index (χ2v) is 5.11. The van der Waals surface area contributed by atoms with E-state index in [0.29, 0.717) is 30.2 Å². The summed E-state index contributed by atoms with van der Waals surface area (Å²) < 4.78 is 5.33. The van der Waals surface area contributed by atoms with Crippen LogP contribution in [-0.4, -0.2) is 39.5 Å². The molecule has 1 aromatic carbocycles. The van der Waals surface area contributed by atoms with Gasteiger partial charge in [0, 0.05) is 19.0 Å². The van der Waals surface area contributed by atoms with Gasteiger partial charge in [-0.15, -0.1) is 5.10 Å². The Hall–Kier alpha value is -2.88. The van der Waals surface area contributed by atoms with Crippen molar-refractivity contribution in [1.82, 2.24) is 20.3 Å². The largest absolute Gasteiger partial charge is 0.415 e. The highest BCUT2D eigenvalue weighted by atomic mass is 16.6. The Balaban J connectivity index is 1.58. The van der Waals surface area contributed by atoms with Crippen molar-refractivity contribution in [1.29, 1.82) is 5.26 Å². The van der Waals surface area contributed by atoms with Crippen LogP contribution in [0.3, 0.4) is 0 Å². The first-order chi connectivity index (χ1) is 10.8. The van der Waals surface area contributed by atoms with Gasteiger partial charge in [0.1, 0.15) is 17.5 Å². The van der Waals surface area contributed by atoms with Gasteiger partial charge in [-0.3, -0.25) is 0 Å². The molecule has 0 aliphatic carbocycles. The van der Waals surface area contributed by atoms with E-state index in [-0.39, 0.29) is 12.0 Å². The third-order valence-corrected chi connectivity index (χ3v) is 3.77. The van der Waals surface area contributed by atoms with Gasteiger partial charge in [0.2, 0.25) is 0 Å². The lowest BCUT2D eigenvalue weighted by atomic mass is 9.93. The SMILES string of the molecule is N#Cc1n[nH]nc1C1CCN(C(=O)Oc2ccccc2)CC1. The van der Waals surface area contributed by atoms with Gasteiger partial charge >= 0.3 is 6.09 Å². The van der Waals surface area contributed by atoms with Crippen LogP contribution >= 0.6 is 0 Å². The van der Waals surface area contributed by atoms with Crippen LogP contribution in [0.2, 0.25) is 0 Å². The number of H-pyrrole nitrogens is 1. The fourth-order valence-corrected chi connectivity index (χ4v) is 2.60. The van der Waals surface area contributed by atoms with Crippen molar-refractivity contribution in [2.75, 3.05) is 13.1 Å². The van der Waals surface area contributed by atoms with Crippen LogP contribution in [0.5, 0.6) is 5.75 Å². The molecule has 2 heterocycles. The zero-order valence-electron chi connectivity index (χ0n) is 11.9. The van der Waals surface area contributed by atoms with E-state index in [9.17, 15) is 4.79 Å². The summed E-state index contributed by atoms with van der Waals surface area (Å²) in [4.78, 5) is 13.8. The summed E-state index contributed by atoms with van der Waals surface area (Å²) >= 11 is 0. The van der Waals surface area contributed by atoms with Crippen LogP contribution < -0.4 is 4.74 Å². The van der Waals surface area contributed by atoms with Crippen LogP contribution in [0.15, 0.2) is 30.3 Å². The van der Waals surface area contributed by atoms with Crippen molar-refractivity contribution in [2.45, 2.75) is 18.8 Å². The van der Waals surface area contributed by atoms with Gasteiger partial charge in [0.05, 0.1) is 0 Å². The Kier molecular flexibility index (Phi) is 4.01. The second-order valence-electron chi connectivity index (χ2n) is 5.11. The number of nitrogens with zero attached hydrogens (tertiary/aromatic N) is 4. The fourth-order valence-electron chi connectivity index (χ4n) is 2.60. The minimum absolute atomic E-state index is 0.147. The molecule has 0 spiro atoms. The molecular formula is C15H15N5O2. The molecule has 7 nitrogen and oxygen atoms in total. The predicted molar refractivity (Wildman–Crippen MR) is 77.1 cm³/mol. The first kappa shape index (κ1) is 14.1. The first-order valence-electron chi connectivity index (χ1n) is 7.10. The molecule has 22 heavy (non-hydrogen) atoms. The molecule has 1 aliphatic rings. The Morgan fingerprint density at radius 3 is 2.68 bits per heavy atom. The molecule has 112 valence electrons. The number of ether oxygens (including phenoxy) is 1. The molecule has 1 aromatic heterocycles. The quantitative estimate of drug-likeness (QED) is 0.915. The summed E-state index contributed by atoms with van der Waals surface area (Å²) in [7, 11) is 0. The molecule has 2 aromatic rings. The number of aromatic amines is 1. The number of hydrogen-bond acceptors (Lipinski definition) is 5. The maximum atomic E-state index is 12.1. The van der Waals surface area contributed by atoms with Gasteiger partial charge < -0.3 is 9.64 Å². The van der Waals surface area contributed by atoms with Gasteiger partial charge in [-0.1, -0.05) is 18.2 Å². The monoisotopic (exact) mass is 297 g/mol. The van der Waals surface area contributed by atoms with Gasteiger partial charge in [0.25, 0.3) is 0 Å². The molecule has 0 radical (unpaired) electrons. The van der Waals surface area contributed by atoms with Crippen LogP contribution in [0, 0.1) is 11.3 Å². The van der Waals surface area contributed by atoms with Gasteiger partial charge in [-0.25, -0.2) is 4.79 Å². The summed E-state index contributed by atoms with van der Waals surface area (Å²) in [5, 5.41) is 19.3. The Labute approximate surface area is 127 Å². The minimum atomic E-state index is -0.342. The van der Waals surface area contributed by atoms with Gasteiger partial charge in [0.15, 0.2) is 5.69 Å². The highest BCUT2D eigenvalue weighted by Gasteiger charge is 2.28. The molecule has 0 bridgehead atoms. The summed E-state index contributed by atoms with van der Waals surface area (Å²) in [5.41, 5.74) is 1.03. The number of nitriles is 1. The van der Waals surface area contributed by atoms with Gasteiger partial charge in [-0.2, -0.15) is 15.6 Å². The number of benzene rings is 1. The number of rotatable bonds is 2. The van der Waals surface area contributed by atoms with E-state index in [0.717, 1.165) is 12.8 Å². The molecule has 0 unspecified atom stereocenters. The number of piperidine rings is 1. The highest BCUT2D eigenvalue weighted by Crippen LogP contribution is 2.28. The molecule has 1 amide bonds. The van der Waals surface area contributed by atoms with E-state index in [1.807, 2.05) is 24.3 Å². The van der Waals surface area contributed by atoms with Crippen molar-refractivity contribution in [2.24, 2.45) is 0 Å². The molecule has 0 atom stereocenters. The number of likely N-dealkylation sites (tertiary alicyclic amines) is 1. The molecule has 3 rings (SSSR count). The third-order valence-electron chi connectivity index (χ3n) is 3.77. The lowest BCUT2D eigenvalue weighted by molar-refractivity contribution is 0.138. The average Bonchev–Trinajstić information content (AvgIpc) is 3.04. The number of carbonyl (C=O) groups excluding carboxylic acids is 1. The van der Waals surface area contributed by atoms with E-state index in [1.54, 1.807) is 17.0 Å². The number of nitrogens with one attached hydrogen (secondary N) is 1. The molecule has 1 aliphatic heterocycles. The Morgan fingerprint density at radius 2 is 2.00 bits per heavy atom. The van der Waals surface area contributed by atoms with E-state index in [1.165, 1.54) is 0 Å². The molecular weight excluding hydrogens is 282 g/mol. The molecule has 0 saturated carbocycles. The van der Waals surface area contributed by atoms with Crippen LogP contribution in [0.1, 0.15) is 30.1 Å². The van der Waals surface area contributed by atoms with E-state index >= 15 is 0 Å². The van der Waals surface area contributed by atoms with Crippen LogP contribution in [0.4, 0.5) is 4.79 Å². The van der Waals surface area contributed by atoms with Crippen molar-refractivity contribution in [3.63, 3.8) is 0 Å². The summed E-state index contributed by atoms with van der Waals surface area (Å²) in [5.74, 6) is 0.687. The smallest absolute Gasteiger partial charge is 0.410 e. The number of amides is 1. The summed E-state index contributed by atoms with van der Waals surface area (Å²) in [6.45, 7) is 1.15. The zero-order chi connectivity index (χ0) is 15.4. The normalized spacial score (nSPS) is 15.3. The standard InChI is InChI=1S/C15H15N5O2/c16-10-13-14(18-19-17-13)11-6-8-20(9-7-11)15(21)22-12-4-2-1-3-5-12/h1-5,11H,6-9H2,(H,17,18,19). The van der Waals surface area contributed by atoms with E-state index < -0.39 is 0 Å². The van der Waals surface area contributed by atoms with E-state index in [4.69, 9.17) is 10.00 Å². The van der Waals surface area contributed by atoms with Crippen molar-refractivity contribution in [3.05, 3.63) is 41.7 Å². The summed E-state index contributed by atoms with van der Waals surface area (Å²) in [6, 6.07) is 11.0. The number of hydrogen-bond donors (Lipinski definition) is 1. The van der Waals surface area contributed by atoms with Crippen LogP contribution in [-0.2, 0) is 0 Å². The van der Waals surface area contributed by atoms with Gasteiger partial charge in [-0.05, 0) is 25.0 Å². The Morgan fingerprint density at radius 1 is 1.27 bits per heavy atom. The zero-order valence-corrected chi connectivity index (χ0v) is 11.9. The number of para-hydroxylation sites is 1. The maximum Gasteiger partial charge on any atom is 0.415 e.